The van der Waals surface area contributed by atoms with Crippen molar-refractivity contribution in [1.29, 1.82) is 0 Å². The molecule has 0 aliphatic heterocycles. The van der Waals surface area contributed by atoms with Crippen LogP contribution in [0.5, 0.6) is 0 Å². The van der Waals surface area contributed by atoms with Crippen molar-refractivity contribution in [2.75, 3.05) is 5.73 Å². The molecule has 0 amide bonds. The molecule has 6 heteroatoms. The van der Waals surface area contributed by atoms with Crippen LogP contribution in [0.4, 0.5) is 5.82 Å². The number of aryl methyl sites for hydroxylation is 1. The van der Waals surface area contributed by atoms with Crippen LogP contribution >= 0.6 is 0 Å². The molecule has 0 saturated carbocycles. The highest BCUT2D eigenvalue weighted by Gasteiger charge is 2.17. The quantitative estimate of drug-likeness (QED) is 0.587. The summed E-state index contributed by atoms with van der Waals surface area (Å²) in [7, 11) is 5.91. The van der Waals surface area contributed by atoms with Crippen molar-refractivity contribution in [1.82, 2.24) is 19.5 Å². The van der Waals surface area contributed by atoms with E-state index in [1.165, 1.54) is 5.56 Å². The lowest BCUT2D eigenvalue weighted by Crippen LogP contribution is -2.09. The maximum atomic E-state index is 6.09. The topological polar surface area (TPSA) is 69.6 Å². The summed E-state index contributed by atoms with van der Waals surface area (Å²) in [5.74, 6) is 1.13. The van der Waals surface area contributed by atoms with Crippen LogP contribution in [0.15, 0.2) is 54.7 Å². The number of benzene rings is 1. The van der Waals surface area contributed by atoms with Crippen molar-refractivity contribution in [2.45, 2.75) is 13.3 Å². The summed E-state index contributed by atoms with van der Waals surface area (Å²) < 4.78 is 1.97. The van der Waals surface area contributed by atoms with Gasteiger partial charge in [-0.15, -0.1) is 0 Å². The molecule has 5 nitrogen and oxygen atoms in total. The monoisotopic (exact) mass is 325 g/mol. The fraction of sp³-hybridized carbons (Fsp3) is 0.105. The first-order chi connectivity index (χ1) is 12.2. The average Bonchev–Trinajstić information content (AvgIpc) is 3.00. The summed E-state index contributed by atoms with van der Waals surface area (Å²) >= 11 is 0. The summed E-state index contributed by atoms with van der Waals surface area (Å²) in [6.45, 7) is 2.13. The molecule has 0 bridgehead atoms. The van der Waals surface area contributed by atoms with Crippen LogP contribution in [0.1, 0.15) is 12.5 Å². The number of nitrogen functional groups attached to an aromatic ring is 1. The summed E-state index contributed by atoms with van der Waals surface area (Å²) in [6, 6.07) is 15.7. The number of nitrogens with zero attached hydrogens (tertiary/aromatic N) is 4. The Morgan fingerprint density at radius 2 is 1.84 bits per heavy atom. The molecule has 0 aliphatic carbocycles. The normalized spacial score (nSPS) is 11.1. The average molecular weight is 325 g/mol. The van der Waals surface area contributed by atoms with Gasteiger partial charge in [0.15, 0.2) is 11.5 Å². The number of anilines is 1. The zero-order chi connectivity index (χ0) is 17.4. The zero-order valence-electron chi connectivity index (χ0n) is 13.8. The van der Waals surface area contributed by atoms with Gasteiger partial charge in [0.05, 0.1) is 5.56 Å². The number of hydrogen-bond acceptors (Lipinski definition) is 4. The lowest BCUT2D eigenvalue weighted by Gasteiger charge is -2.11. The van der Waals surface area contributed by atoms with Gasteiger partial charge in [-0.05, 0) is 54.0 Å². The maximum absolute atomic E-state index is 6.09. The van der Waals surface area contributed by atoms with E-state index in [0.717, 1.165) is 23.2 Å². The second kappa shape index (κ2) is 6.05. The van der Waals surface area contributed by atoms with E-state index in [1.807, 2.05) is 22.8 Å². The van der Waals surface area contributed by atoms with Crippen molar-refractivity contribution in [3.63, 3.8) is 0 Å². The molecule has 0 saturated heterocycles. The van der Waals surface area contributed by atoms with Gasteiger partial charge in [-0.25, -0.2) is 15.0 Å². The van der Waals surface area contributed by atoms with Crippen molar-refractivity contribution in [2.24, 2.45) is 0 Å². The fourth-order valence-corrected chi connectivity index (χ4v) is 2.88. The van der Waals surface area contributed by atoms with Gasteiger partial charge >= 0.3 is 0 Å². The second-order valence-electron chi connectivity index (χ2n) is 5.81. The predicted molar refractivity (Wildman–Crippen MR) is 101 cm³/mol. The zero-order valence-corrected chi connectivity index (χ0v) is 13.8. The summed E-state index contributed by atoms with van der Waals surface area (Å²) in [4.78, 5) is 13.4. The minimum atomic E-state index is 0.428. The summed E-state index contributed by atoms with van der Waals surface area (Å²) in [5.41, 5.74) is 11.0. The lowest BCUT2D eigenvalue weighted by atomic mass is 10.0. The van der Waals surface area contributed by atoms with E-state index in [1.54, 1.807) is 12.3 Å². The number of imidazole rings is 1. The van der Waals surface area contributed by atoms with Crippen LogP contribution in [0.2, 0.25) is 0 Å². The molecule has 0 fully saturated rings. The predicted octanol–water partition coefficient (Wildman–Crippen LogP) is 2.42. The molecule has 0 atom stereocenters. The third-order valence-electron chi connectivity index (χ3n) is 4.21. The van der Waals surface area contributed by atoms with E-state index in [0.29, 0.717) is 22.9 Å². The smallest absolute Gasteiger partial charge is 0.164 e. The van der Waals surface area contributed by atoms with E-state index < -0.39 is 0 Å². The van der Waals surface area contributed by atoms with Gasteiger partial charge in [-0.1, -0.05) is 19.1 Å². The highest BCUT2D eigenvalue weighted by atomic mass is 15.1. The van der Waals surface area contributed by atoms with Crippen LogP contribution < -0.4 is 11.3 Å². The molecule has 4 aromatic rings. The molecule has 0 unspecified atom stereocenters. The molecule has 1 aromatic carbocycles. The number of nitrogens with two attached hydrogens (primary N) is 1. The van der Waals surface area contributed by atoms with Crippen LogP contribution in [0, 0.1) is 0 Å². The molecule has 2 radical (unpaired) electrons. The Hall–Kier alpha value is -3.15. The first kappa shape index (κ1) is 15.4. The van der Waals surface area contributed by atoms with Crippen molar-refractivity contribution in [3.8, 4) is 17.1 Å². The molecule has 2 N–H and O–H groups in total. The Morgan fingerprint density at radius 3 is 2.56 bits per heavy atom. The molecule has 3 aromatic heterocycles. The van der Waals surface area contributed by atoms with Crippen LogP contribution in [0.25, 0.3) is 28.2 Å². The molecule has 120 valence electrons. The third kappa shape index (κ3) is 2.65. The third-order valence-corrected chi connectivity index (χ3v) is 4.21. The van der Waals surface area contributed by atoms with Crippen LogP contribution in [-0.2, 0) is 6.42 Å². The minimum Gasteiger partial charge on any atom is -0.383 e. The molecule has 4 rings (SSSR count). The maximum Gasteiger partial charge on any atom is 0.164 e. The van der Waals surface area contributed by atoms with E-state index in [-0.39, 0.29) is 0 Å². The van der Waals surface area contributed by atoms with E-state index in [4.69, 9.17) is 18.6 Å². The Bertz CT molecular complexity index is 1050. The number of rotatable bonds is 3. The number of pyridine rings is 2. The summed E-state index contributed by atoms with van der Waals surface area (Å²) in [5, 5.41) is 0. The van der Waals surface area contributed by atoms with Gasteiger partial charge in [-0.3, -0.25) is 4.57 Å². The lowest BCUT2D eigenvalue weighted by molar-refractivity contribution is 1.07. The van der Waals surface area contributed by atoms with Gasteiger partial charge in [0, 0.05) is 11.9 Å². The van der Waals surface area contributed by atoms with Gasteiger partial charge in [0.2, 0.25) is 0 Å². The molecular weight excluding hydrogens is 309 g/mol. The Kier molecular flexibility index (Phi) is 3.73. The van der Waals surface area contributed by atoms with Crippen molar-refractivity contribution < 1.29 is 0 Å². The minimum absolute atomic E-state index is 0.428. The Balaban J connectivity index is 2.03. The van der Waals surface area contributed by atoms with Crippen molar-refractivity contribution >= 4 is 30.4 Å². The molecule has 0 spiro atoms. The van der Waals surface area contributed by atoms with Gasteiger partial charge in [0.1, 0.15) is 19.2 Å². The fourth-order valence-electron chi connectivity index (χ4n) is 2.88. The number of hydrogen-bond donors (Lipinski definition) is 1. The Morgan fingerprint density at radius 1 is 1.04 bits per heavy atom. The highest BCUT2D eigenvalue weighted by Crippen LogP contribution is 2.29. The van der Waals surface area contributed by atoms with Crippen LogP contribution in [0.3, 0.4) is 0 Å². The van der Waals surface area contributed by atoms with E-state index >= 15 is 0 Å². The van der Waals surface area contributed by atoms with Crippen LogP contribution in [-0.4, -0.2) is 27.4 Å². The van der Waals surface area contributed by atoms with Crippen molar-refractivity contribution in [3.05, 3.63) is 60.3 Å². The first-order valence-electron chi connectivity index (χ1n) is 8.12. The molecular formula is C19H16BN5. The molecule has 25 heavy (non-hydrogen) atoms. The molecule has 0 aliphatic rings. The summed E-state index contributed by atoms with van der Waals surface area (Å²) in [6.07, 6.45) is 2.65. The first-order valence-corrected chi connectivity index (χ1v) is 8.12. The largest absolute Gasteiger partial charge is 0.383 e. The highest BCUT2D eigenvalue weighted by molar-refractivity contribution is 6.31. The number of aromatic nitrogens is 4. The standard InChI is InChI=1S/C19H16BN5/c1-2-12-5-7-13(8-6-12)25-18(14-4-3-11-22-17(14)21)23-15-9-10-16(20)24-19(15)25/h3-11H,2H2,1H3,(H2,21,22). The Labute approximate surface area is 147 Å². The SMILES string of the molecule is [B]c1ccc2nc(-c3cccnc3N)n(-c3ccc(CC)cc3)c2n1. The van der Waals surface area contributed by atoms with E-state index in [2.05, 4.69) is 41.2 Å². The second-order valence-corrected chi connectivity index (χ2v) is 5.81. The number of fused-ring (bicyclic) bond motifs is 1. The van der Waals surface area contributed by atoms with Gasteiger partial charge in [-0.2, -0.15) is 0 Å². The molecule has 3 heterocycles. The van der Waals surface area contributed by atoms with Gasteiger partial charge < -0.3 is 5.73 Å². The van der Waals surface area contributed by atoms with E-state index in [9.17, 15) is 0 Å². The van der Waals surface area contributed by atoms with Gasteiger partial charge in [0.25, 0.3) is 0 Å².